The predicted octanol–water partition coefficient (Wildman–Crippen LogP) is 0.0939. The number of anilines is 1. The third kappa shape index (κ3) is 2.87. The molecule has 1 aliphatic rings. The molecule has 1 aromatic carbocycles. The van der Waals surface area contributed by atoms with Crippen LogP contribution >= 0.6 is 0 Å². The fraction of sp³-hybridized carbons (Fsp3) is 0.364. The molecule has 1 unspecified atom stereocenters. The van der Waals surface area contributed by atoms with Crippen molar-refractivity contribution < 1.29 is 18.1 Å². The molecule has 0 aromatic heterocycles. The second kappa shape index (κ2) is 5.08. The fourth-order valence-electron chi connectivity index (χ4n) is 2.08. The van der Waals surface area contributed by atoms with Gasteiger partial charge < -0.3 is 11.1 Å². The van der Waals surface area contributed by atoms with Crippen molar-refractivity contribution in [2.75, 3.05) is 17.2 Å². The van der Waals surface area contributed by atoms with Gasteiger partial charge in [-0.2, -0.15) is 0 Å². The molecule has 1 amide bonds. The molecular formula is C11H13N3O5S. The van der Waals surface area contributed by atoms with Crippen LogP contribution < -0.4 is 11.1 Å². The number of amides is 1. The number of hydrogen-bond donors (Lipinski definition) is 2. The number of nitrogens with one attached hydrogen (secondary N) is 1. The number of nitrogens with two attached hydrogens (primary N) is 1. The summed E-state index contributed by atoms with van der Waals surface area (Å²) in [5.41, 5.74) is 4.99. The minimum absolute atomic E-state index is 0.0245. The largest absolute Gasteiger partial charge is 0.393 e. The predicted molar refractivity (Wildman–Crippen MR) is 72.0 cm³/mol. The van der Waals surface area contributed by atoms with E-state index in [0.717, 1.165) is 0 Å². The average molecular weight is 299 g/mol. The van der Waals surface area contributed by atoms with Gasteiger partial charge in [-0.15, -0.1) is 0 Å². The normalized spacial score (nSPS) is 20.5. The summed E-state index contributed by atoms with van der Waals surface area (Å²) in [4.78, 5) is 22.1. The number of carbonyl (C=O) groups excluding carboxylic acids is 1. The summed E-state index contributed by atoms with van der Waals surface area (Å²) in [7, 11) is -3.11. The third-order valence-electron chi connectivity index (χ3n) is 3.09. The van der Waals surface area contributed by atoms with E-state index in [4.69, 9.17) is 5.73 Å². The lowest BCUT2D eigenvalue weighted by molar-refractivity contribution is -0.383. The Morgan fingerprint density at radius 2 is 2.15 bits per heavy atom. The lowest BCUT2D eigenvalue weighted by atomic mass is 10.1. The molecular weight excluding hydrogens is 286 g/mol. The van der Waals surface area contributed by atoms with Crippen molar-refractivity contribution >= 4 is 27.1 Å². The van der Waals surface area contributed by atoms with Gasteiger partial charge in [-0.1, -0.05) is 6.07 Å². The first-order valence-corrected chi connectivity index (χ1v) is 7.66. The minimum atomic E-state index is -3.11. The van der Waals surface area contributed by atoms with Crippen LogP contribution in [0.5, 0.6) is 0 Å². The van der Waals surface area contributed by atoms with Crippen LogP contribution in [-0.2, 0) is 9.84 Å². The molecule has 0 radical (unpaired) electrons. The summed E-state index contributed by atoms with van der Waals surface area (Å²) in [6.45, 7) is 0. The van der Waals surface area contributed by atoms with Crippen molar-refractivity contribution in [3.05, 3.63) is 33.9 Å². The molecule has 1 atom stereocenters. The molecule has 3 N–H and O–H groups in total. The second-order valence-corrected chi connectivity index (χ2v) is 6.80. The molecule has 0 spiro atoms. The van der Waals surface area contributed by atoms with E-state index in [1.165, 1.54) is 18.2 Å². The molecule has 8 nitrogen and oxygen atoms in total. The number of para-hydroxylation sites is 1. The van der Waals surface area contributed by atoms with Gasteiger partial charge in [0.1, 0.15) is 5.69 Å². The van der Waals surface area contributed by atoms with Crippen molar-refractivity contribution in [2.45, 2.75) is 12.5 Å². The van der Waals surface area contributed by atoms with Crippen LogP contribution in [0.1, 0.15) is 16.8 Å². The monoisotopic (exact) mass is 299 g/mol. The molecule has 1 fully saturated rings. The fourth-order valence-corrected chi connectivity index (χ4v) is 3.76. The zero-order chi connectivity index (χ0) is 14.9. The Morgan fingerprint density at radius 1 is 1.45 bits per heavy atom. The van der Waals surface area contributed by atoms with Crippen molar-refractivity contribution in [2.24, 2.45) is 0 Å². The summed E-state index contributed by atoms with van der Waals surface area (Å²) in [6.07, 6.45) is 0.336. The number of sulfone groups is 1. The number of nitrogen functional groups attached to an aromatic ring is 1. The first kappa shape index (κ1) is 14.3. The Hall–Kier alpha value is -2.16. The molecule has 9 heteroatoms. The van der Waals surface area contributed by atoms with Crippen molar-refractivity contribution in [3.63, 3.8) is 0 Å². The molecule has 1 aromatic rings. The van der Waals surface area contributed by atoms with Crippen LogP contribution in [-0.4, -0.2) is 36.8 Å². The smallest absolute Gasteiger partial charge is 0.292 e. The molecule has 0 bridgehead atoms. The Labute approximate surface area is 115 Å². The lowest BCUT2D eigenvalue weighted by Crippen LogP contribution is -2.36. The van der Waals surface area contributed by atoms with Gasteiger partial charge in [-0.3, -0.25) is 14.9 Å². The summed E-state index contributed by atoms with van der Waals surface area (Å²) in [5, 5.41) is 13.3. The van der Waals surface area contributed by atoms with Gasteiger partial charge in [-0.05, 0) is 12.5 Å². The molecule has 1 saturated heterocycles. The highest BCUT2D eigenvalue weighted by Gasteiger charge is 2.30. The van der Waals surface area contributed by atoms with E-state index in [-0.39, 0.29) is 28.4 Å². The van der Waals surface area contributed by atoms with E-state index in [1.54, 1.807) is 0 Å². The van der Waals surface area contributed by atoms with Crippen molar-refractivity contribution in [1.82, 2.24) is 5.32 Å². The van der Waals surface area contributed by atoms with Gasteiger partial charge >= 0.3 is 0 Å². The topological polar surface area (TPSA) is 132 Å². The highest BCUT2D eigenvalue weighted by Crippen LogP contribution is 2.25. The first-order chi connectivity index (χ1) is 9.30. The summed E-state index contributed by atoms with van der Waals surface area (Å²) >= 11 is 0. The molecule has 20 heavy (non-hydrogen) atoms. The third-order valence-corrected chi connectivity index (χ3v) is 4.86. The van der Waals surface area contributed by atoms with E-state index in [9.17, 15) is 23.3 Å². The minimum Gasteiger partial charge on any atom is -0.393 e. The Morgan fingerprint density at radius 3 is 2.70 bits per heavy atom. The number of carbonyl (C=O) groups is 1. The standard InChI is InChI=1S/C11H13N3O5S/c12-10-8(2-1-3-9(10)14(16)17)11(15)13-7-4-5-20(18,19)6-7/h1-3,7H,4-6,12H2,(H,13,15). The summed E-state index contributed by atoms with van der Waals surface area (Å²) < 4.78 is 22.6. The van der Waals surface area contributed by atoms with Gasteiger partial charge in [0.15, 0.2) is 9.84 Å². The van der Waals surface area contributed by atoms with Crippen LogP contribution in [0.15, 0.2) is 18.2 Å². The number of nitro groups is 1. The maximum atomic E-state index is 12.0. The maximum Gasteiger partial charge on any atom is 0.292 e. The average Bonchev–Trinajstić information content (AvgIpc) is 2.68. The van der Waals surface area contributed by atoms with Crippen LogP contribution in [0.4, 0.5) is 11.4 Å². The lowest BCUT2D eigenvalue weighted by Gasteiger charge is -2.12. The number of hydrogen-bond acceptors (Lipinski definition) is 6. The number of benzene rings is 1. The van der Waals surface area contributed by atoms with Crippen LogP contribution in [0, 0.1) is 10.1 Å². The zero-order valence-corrected chi connectivity index (χ0v) is 11.2. The van der Waals surface area contributed by atoms with Gasteiger partial charge in [0.2, 0.25) is 0 Å². The SMILES string of the molecule is Nc1c(C(=O)NC2CCS(=O)(=O)C2)cccc1[N+](=O)[O-]. The Kier molecular flexibility index (Phi) is 3.62. The summed E-state index contributed by atoms with van der Waals surface area (Å²) in [6, 6.07) is 3.44. The van der Waals surface area contributed by atoms with Gasteiger partial charge in [0, 0.05) is 12.1 Å². The van der Waals surface area contributed by atoms with E-state index in [1.807, 2.05) is 0 Å². The Balaban J connectivity index is 2.18. The Bertz CT molecular complexity index is 671. The van der Waals surface area contributed by atoms with Crippen molar-refractivity contribution in [3.8, 4) is 0 Å². The molecule has 0 aliphatic carbocycles. The molecule has 1 heterocycles. The number of nitrogens with zero attached hydrogens (tertiary/aromatic N) is 1. The molecule has 0 saturated carbocycles. The van der Waals surface area contributed by atoms with E-state index < -0.39 is 26.7 Å². The highest BCUT2D eigenvalue weighted by atomic mass is 32.2. The zero-order valence-electron chi connectivity index (χ0n) is 10.4. The van der Waals surface area contributed by atoms with E-state index >= 15 is 0 Å². The molecule has 1 aliphatic heterocycles. The van der Waals surface area contributed by atoms with Gasteiger partial charge in [0.25, 0.3) is 11.6 Å². The van der Waals surface area contributed by atoms with E-state index in [2.05, 4.69) is 5.32 Å². The van der Waals surface area contributed by atoms with Gasteiger partial charge in [0.05, 0.1) is 22.0 Å². The van der Waals surface area contributed by atoms with E-state index in [0.29, 0.717) is 6.42 Å². The quantitative estimate of drug-likeness (QED) is 0.462. The van der Waals surface area contributed by atoms with Crippen molar-refractivity contribution in [1.29, 1.82) is 0 Å². The second-order valence-electron chi connectivity index (χ2n) is 4.57. The first-order valence-electron chi connectivity index (χ1n) is 5.84. The molecule has 108 valence electrons. The molecule has 2 rings (SSSR count). The number of nitro benzene ring substituents is 1. The maximum absolute atomic E-state index is 12.0. The van der Waals surface area contributed by atoms with Gasteiger partial charge in [-0.25, -0.2) is 8.42 Å². The summed E-state index contributed by atoms with van der Waals surface area (Å²) in [5.74, 6) is -0.691. The van der Waals surface area contributed by atoms with Crippen LogP contribution in [0.2, 0.25) is 0 Å². The number of rotatable bonds is 3. The van der Waals surface area contributed by atoms with Crippen LogP contribution in [0.3, 0.4) is 0 Å². The highest BCUT2D eigenvalue weighted by molar-refractivity contribution is 7.91. The van der Waals surface area contributed by atoms with Crippen LogP contribution in [0.25, 0.3) is 0 Å².